The van der Waals surface area contributed by atoms with E-state index in [-0.39, 0.29) is 17.7 Å². The number of likely N-dealkylation sites (N-methyl/N-ethyl adjacent to an activating group) is 1. The zero-order valence-electron chi connectivity index (χ0n) is 12.3. The molecule has 1 atom stereocenters. The van der Waals surface area contributed by atoms with E-state index in [2.05, 4.69) is 5.32 Å². The predicted molar refractivity (Wildman–Crippen MR) is 73.2 cm³/mol. The lowest BCUT2D eigenvalue weighted by molar-refractivity contribution is -0.137. The maximum absolute atomic E-state index is 12.8. The van der Waals surface area contributed by atoms with Crippen LogP contribution in [-0.4, -0.2) is 30.1 Å². The van der Waals surface area contributed by atoms with Gasteiger partial charge < -0.3 is 10.2 Å². The van der Waals surface area contributed by atoms with Crippen molar-refractivity contribution in [2.24, 2.45) is 0 Å². The normalized spacial score (nSPS) is 12.7. The number of carbonyl (C=O) groups is 2. The third-order valence-corrected chi connectivity index (χ3v) is 3.23. The zero-order chi connectivity index (χ0) is 17.1. The molecular weight excluding hydrogens is 304 g/mol. The van der Waals surface area contributed by atoms with Gasteiger partial charge in [0.2, 0.25) is 0 Å². The van der Waals surface area contributed by atoms with E-state index >= 15 is 0 Å². The van der Waals surface area contributed by atoms with Gasteiger partial charge in [-0.2, -0.15) is 17.6 Å². The molecule has 8 heteroatoms. The van der Waals surface area contributed by atoms with E-state index in [1.165, 1.54) is 20.9 Å². The molecule has 0 saturated heterocycles. The second-order valence-corrected chi connectivity index (χ2v) is 4.80. The second-order valence-electron chi connectivity index (χ2n) is 4.80. The molecule has 0 aliphatic carbocycles. The molecule has 1 unspecified atom stereocenters. The Hall–Kier alpha value is -2.12. The molecule has 0 heterocycles. The number of hydrogen-bond donors (Lipinski definition) is 1. The number of aryl methyl sites for hydroxylation is 1. The first-order valence-electron chi connectivity index (χ1n) is 6.49. The number of urea groups is 1. The number of alkyl halides is 3. The van der Waals surface area contributed by atoms with Gasteiger partial charge in [-0.1, -0.05) is 6.92 Å². The van der Waals surface area contributed by atoms with E-state index in [1.54, 1.807) is 0 Å². The molecule has 1 rings (SSSR count). The van der Waals surface area contributed by atoms with Crippen LogP contribution in [-0.2, 0) is 11.0 Å². The number of nitrogens with one attached hydrogen (secondary N) is 1. The van der Waals surface area contributed by atoms with Crippen molar-refractivity contribution in [2.45, 2.75) is 32.5 Å². The highest BCUT2D eigenvalue weighted by molar-refractivity contribution is 5.92. The van der Waals surface area contributed by atoms with Crippen molar-refractivity contribution < 1.29 is 27.2 Å². The summed E-state index contributed by atoms with van der Waals surface area (Å²) in [4.78, 5) is 23.6. The molecule has 1 aromatic carbocycles. The van der Waals surface area contributed by atoms with Gasteiger partial charge in [-0.3, -0.25) is 4.79 Å². The number of rotatable bonds is 4. The summed E-state index contributed by atoms with van der Waals surface area (Å²) in [6.07, 6.45) is -4.39. The van der Waals surface area contributed by atoms with Gasteiger partial charge in [-0.15, -0.1) is 0 Å². The minimum Gasteiger partial charge on any atom is -0.315 e. The Kier molecular flexibility index (Phi) is 5.51. The topological polar surface area (TPSA) is 49.4 Å². The van der Waals surface area contributed by atoms with Crippen LogP contribution in [0, 0.1) is 6.92 Å². The summed E-state index contributed by atoms with van der Waals surface area (Å²) in [6.45, 7) is 2.94. The Labute approximate surface area is 125 Å². The number of nitrogens with zero attached hydrogens (tertiary/aromatic N) is 1. The van der Waals surface area contributed by atoms with Crippen LogP contribution in [0.4, 0.5) is 28.0 Å². The molecule has 1 aromatic rings. The van der Waals surface area contributed by atoms with E-state index in [1.807, 2.05) is 0 Å². The third-order valence-electron chi connectivity index (χ3n) is 3.23. The van der Waals surface area contributed by atoms with E-state index < -0.39 is 29.8 Å². The second kappa shape index (κ2) is 6.76. The molecule has 0 bridgehead atoms. The van der Waals surface area contributed by atoms with E-state index in [4.69, 9.17) is 0 Å². The summed E-state index contributed by atoms with van der Waals surface area (Å²) in [5.41, 5.74) is -0.469. The van der Waals surface area contributed by atoms with Crippen molar-refractivity contribution in [3.63, 3.8) is 0 Å². The highest BCUT2D eigenvalue weighted by Crippen LogP contribution is 2.31. The van der Waals surface area contributed by atoms with Crippen LogP contribution >= 0.6 is 0 Å². The average Bonchev–Trinajstić information content (AvgIpc) is 2.39. The molecular formula is C14H16F4N2O2. The molecule has 0 radical (unpaired) electrons. The highest BCUT2D eigenvalue weighted by Gasteiger charge is 2.31. The Bertz CT molecular complexity index is 572. The first kappa shape index (κ1) is 17.9. The smallest absolute Gasteiger partial charge is 0.315 e. The van der Waals surface area contributed by atoms with Crippen LogP contribution in [0.25, 0.3) is 0 Å². The lowest BCUT2D eigenvalue weighted by atomic mass is 10.1. The molecule has 0 spiro atoms. The molecule has 0 aliphatic heterocycles. The summed E-state index contributed by atoms with van der Waals surface area (Å²) in [6, 6.07) is -0.810. The summed E-state index contributed by atoms with van der Waals surface area (Å²) in [5.74, 6) is 0. The van der Waals surface area contributed by atoms with Crippen LogP contribution in [0.3, 0.4) is 0 Å². The van der Waals surface area contributed by atoms with Gasteiger partial charge in [0.25, 0.3) is 0 Å². The van der Waals surface area contributed by atoms with Gasteiger partial charge in [0, 0.05) is 12.7 Å². The number of carbonyl (C=O) groups excluding carboxylic acids is 2. The van der Waals surface area contributed by atoms with Gasteiger partial charge in [-0.05, 0) is 37.1 Å². The highest BCUT2D eigenvalue weighted by atomic mass is 19.4. The van der Waals surface area contributed by atoms with Crippen LogP contribution < -0.4 is 5.32 Å². The number of hydrogen-bond acceptors (Lipinski definition) is 2. The van der Waals surface area contributed by atoms with Crippen LogP contribution in [0.2, 0.25) is 0 Å². The van der Waals surface area contributed by atoms with Crippen molar-refractivity contribution in [2.75, 3.05) is 12.4 Å². The zero-order valence-corrected chi connectivity index (χ0v) is 12.3. The molecule has 1 N–H and O–H groups in total. The quantitative estimate of drug-likeness (QED) is 0.678. The van der Waals surface area contributed by atoms with Gasteiger partial charge in [0.1, 0.15) is 6.04 Å². The monoisotopic (exact) mass is 320 g/mol. The largest absolute Gasteiger partial charge is 0.416 e. The number of amides is 2. The van der Waals surface area contributed by atoms with Crippen LogP contribution in [0.5, 0.6) is 0 Å². The van der Waals surface area contributed by atoms with Crippen molar-refractivity contribution in [1.29, 1.82) is 0 Å². The lowest BCUT2D eigenvalue weighted by Crippen LogP contribution is -2.43. The van der Waals surface area contributed by atoms with Crippen molar-refractivity contribution in [3.05, 3.63) is 29.3 Å². The predicted octanol–water partition coefficient (Wildman–Crippen LogP) is 3.75. The minimum absolute atomic E-state index is 0.0885. The molecule has 122 valence electrons. The fourth-order valence-corrected chi connectivity index (χ4v) is 1.91. The van der Waals surface area contributed by atoms with E-state index in [0.29, 0.717) is 0 Å². The van der Waals surface area contributed by atoms with Crippen molar-refractivity contribution >= 4 is 17.8 Å². The molecule has 4 nitrogen and oxygen atoms in total. The van der Waals surface area contributed by atoms with Crippen LogP contribution in [0.15, 0.2) is 18.2 Å². The summed E-state index contributed by atoms with van der Waals surface area (Å²) < 4.78 is 50.5. The summed E-state index contributed by atoms with van der Waals surface area (Å²) in [7, 11) is 1.24. The first-order valence-corrected chi connectivity index (χ1v) is 6.49. The standard InChI is InChI=1S/C14H16F4N2O2/c1-4-11(12(15)21)20(3)13(22)19-10-6-5-9(7-8(10)2)14(16,17)18/h5-7,11H,4H2,1-3H3,(H,19,22). The lowest BCUT2D eigenvalue weighted by Gasteiger charge is -2.24. The SMILES string of the molecule is CCC(C(=O)F)N(C)C(=O)Nc1ccc(C(F)(F)F)cc1C. The third kappa shape index (κ3) is 4.19. The summed E-state index contributed by atoms with van der Waals surface area (Å²) >= 11 is 0. The number of anilines is 1. The average molecular weight is 320 g/mol. The first-order chi connectivity index (χ1) is 10.1. The molecule has 0 aromatic heterocycles. The Morgan fingerprint density at radius 1 is 1.32 bits per heavy atom. The summed E-state index contributed by atoms with van der Waals surface area (Å²) in [5, 5.41) is 2.36. The Morgan fingerprint density at radius 2 is 1.91 bits per heavy atom. The Morgan fingerprint density at radius 3 is 2.32 bits per heavy atom. The minimum atomic E-state index is -4.47. The molecule has 2 amide bonds. The van der Waals surface area contributed by atoms with Crippen molar-refractivity contribution in [3.8, 4) is 0 Å². The number of halogens is 4. The maximum atomic E-state index is 12.8. The maximum Gasteiger partial charge on any atom is 0.416 e. The van der Waals surface area contributed by atoms with E-state index in [0.717, 1.165) is 23.1 Å². The fourth-order valence-electron chi connectivity index (χ4n) is 1.91. The molecule has 22 heavy (non-hydrogen) atoms. The van der Waals surface area contributed by atoms with Crippen molar-refractivity contribution in [1.82, 2.24) is 4.90 Å². The molecule has 0 fully saturated rings. The van der Waals surface area contributed by atoms with Gasteiger partial charge in [-0.25, -0.2) is 4.79 Å². The van der Waals surface area contributed by atoms with Crippen LogP contribution in [0.1, 0.15) is 24.5 Å². The molecule has 0 aliphatic rings. The Balaban J connectivity index is 2.91. The number of benzene rings is 1. The molecule has 0 saturated carbocycles. The van der Waals surface area contributed by atoms with E-state index in [9.17, 15) is 27.2 Å². The van der Waals surface area contributed by atoms with Gasteiger partial charge in [0.05, 0.1) is 5.56 Å². The fraction of sp³-hybridized carbons (Fsp3) is 0.429. The van der Waals surface area contributed by atoms with Gasteiger partial charge >= 0.3 is 18.2 Å². The van der Waals surface area contributed by atoms with Gasteiger partial charge in [0.15, 0.2) is 0 Å².